The molecule has 2 fully saturated rings. The predicted molar refractivity (Wildman–Crippen MR) is 110 cm³/mol. The third kappa shape index (κ3) is 5.30. The van der Waals surface area contributed by atoms with E-state index in [2.05, 4.69) is 35.7 Å². The Kier molecular flexibility index (Phi) is 5.75. The number of carbonyl (C=O) groups excluding carboxylic acids is 1. The minimum atomic E-state index is -4.78. The van der Waals surface area contributed by atoms with Crippen LogP contribution in [0.4, 0.5) is 34.0 Å². The number of anilines is 2. The summed E-state index contributed by atoms with van der Waals surface area (Å²) in [5.41, 5.74) is 0.443. The lowest BCUT2D eigenvalue weighted by atomic mass is 10.1. The fraction of sp³-hybridized carbons (Fsp3) is 0.500. The number of aromatic amines is 1. The molecule has 1 aliphatic heterocycles. The SMILES string of the molecule is CC1(NC(=O)O[C@@H]2CO[C@H](c3cc(Nc4nccn5nc(COC(F)(F)F)cc45)n[nH]3)[C@H]2F)CC1. The molecule has 0 bridgehead atoms. The van der Waals surface area contributed by atoms with Crippen molar-refractivity contribution in [2.24, 2.45) is 0 Å². The number of fused-ring (bicyclic) bond motifs is 1. The molecule has 1 saturated heterocycles. The molecule has 3 aromatic heterocycles. The van der Waals surface area contributed by atoms with Crippen molar-refractivity contribution in [3.8, 4) is 0 Å². The normalized spacial score (nSPS) is 23.4. The molecular weight excluding hydrogens is 478 g/mol. The molecule has 1 aliphatic carbocycles. The summed E-state index contributed by atoms with van der Waals surface area (Å²) >= 11 is 0. The third-order valence-electron chi connectivity index (χ3n) is 5.72. The molecule has 1 amide bonds. The molecular formula is C20H21F4N7O4. The zero-order valence-electron chi connectivity index (χ0n) is 18.3. The highest BCUT2D eigenvalue weighted by Gasteiger charge is 2.44. The van der Waals surface area contributed by atoms with E-state index in [9.17, 15) is 22.4 Å². The monoisotopic (exact) mass is 499 g/mol. The number of carbonyl (C=O) groups is 1. The van der Waals surface area contributed by atoms with Gasteiger partial charge >= 0.3 is 12.5 Å². The van der Waals surface area contributed by atoms with Gasteiger partial charge in [0.15, 0.2) is 23.9 Å². The van der Waals surface area contributed by atoms with Gasteiger partial charge in [-0.1, -0.05) is 0 Å². The Bertz CT molecular complexity index is 1230. The molecule has 0 radical (unpaired) electrons. The summed E-state index contributed by atoms with van der Waals surface area (Å²) in [6.07, 6.45) is -4.62. The molecule has 11 nitrogen and oxygen atoms in total. The first-order valence-corrected chi connectivity index (χ1v) is 10.7. The highest BCUT2D eigenvalue weighted by Crippen LogP contribution is 2.36. The van der Waals surface area contributed by atoms with Crippen molar-refractivity contribution in [2.45, 2.75) is 56.7 Å². The zero-order chi connectivity index (χ0) is 24.8. The van der Waals surface area contributed by atoms with Gasteiger partial charge in [-0.25, -0.2) is 18.7 Å². The standard InChI is InChI=1S/C20H21F4N7O4/c1-19(2-3-19)27-18(32)35-13-9-33-16(15(13)21)11-7-14(29-28-11)26-17-12-6-10(8-34-20(22,23)24)30-31(12)5-4-25-17/h4-7,13,15-16H,2-3,8-9H2,1H3,(H,27,32)(H2,25,26,28,29)/t13-,15+,16-/m1/s1. The van der Waals surface area contributed by atoms with Crippen LogP contribution in [-0.4, -0.2) is 61.7 Å². The second-order valence-electron chi connectivity index (χ2n) is 8.64. The molecule has 4 heterocycles. The van der Waals surface area contributed by atoms with E-state index in [0.717, 1.165) is 12.8 Å². The largest absolute Gasteiger partial charge is 0.522 e. The summed E-state index contributed by atoms with van der Waals surface area (Å²) < 4.78 is 67.7. The van der Waals surface area contributed by atoms with Crippen molar-refractivity contribution in [1.29, 1.82) is 0 Å². The molecule has 1 saturated carbocycles. The van der Waals surface area contributed by atoms with Crippen LogP contribution in [-0.2, 0) is 20.8 Å². The Morgan fingerprint density at radius 2 is 2.17 bits per heavy atom. The number of halogens is 4. The lowest BCUT2D eigenvalue weighted by molar-refractivity contribution is -0.330. The number of aromatic nitrogens is 5. The smallest absolute Gasteiger partial charge is 0.441 e. The van der Waals surface area contributed by atoms with E-state index in [1.54, 1.807) is 0 Å². The van der Waals surface area contributed by atoms with E-state index in [4.69, 9.17) is 9.47 Å². The molecule has 0 unspecified atom stereocenters. The van der Waals surface area contributed by atoms with Gasteiger partial charge in [0.05, 0.1) is 18.0 Å². The quantitative estimate of drug-likeness (QED) is 0.423. The van der Waals surface area contributed by atoms with Crippen LogP contribution < -0.4 is 10.6 Å². The number of H-pyrrole nitrogens is 1. The van der Waals surface area contributed by atoms with Gasteiger partial charge in [0.1, 0.15) is 18.2 Å². The summed E-state index contributed by atoms with van der Waals surface area (Å²) in [4.78, 5) is 16.2. The summed E-state index contributed by atoms with van der Waals surface area (Å²) in [7, 11) is 0. The van der Waals surface area contributed by atoms with E-state index in [-0.39, 0.29) is 29.5 Å². The molecule has 0 aromatic carbocycles. The molecule has 15 heteroatoms. The molecule has 2 aliphatic rings. The van der Waals surface area contributed by atoms with Crippen molar-refractivity contribution in [2.75, 3.05) is 11.9 Å². The van der Waals surface area contributed by atoms with Gasteiger partial charge in [-0.2, -0.15) is 10.2 Å². The van der Waals surface area contributed by atoms with Gasteiger partial charge in [0.2, 0.25) is 0 Å². The third-order valence-corrected chi connectivity index (χ3v) is 5.72. The maximum atomic E-state index is 14.9. The highest BCUT2D eigenvalue weighted by molar-refractivity contribution is 5.72. The molecule has 188 valence electrons. The fourth-order valence-corrected chi connectivity index (χ4v) is 3.63. The van der Waals surface area contributed by atoms with E-state index < -0.39 is 37.4 Å². The van der Waals surface area contributed by atoms with Gasteiger partial charge in [0, 0.05) is 24.0 Å². The summed E-state index contributed by atoms with van der Waals surface area (Å²) in [5, 5.41) is 16.4. The number of rotatable bonds is 7. The van der Waals surface area contributed by atoms with Crippen molar-refractivity contribution < 1.29 is 36.6 Å². The summed E-state index contributed by atoms with van der Waals surface area (Å²) in [5.74, 6) is 0.515. The topological polar surface area (TPSA) is 128 Å². The molecule has 3 atom stereocenters. The van der Waals surface area contributed by atoms with Gasteiger partial charge in [-0.15, -0.1) is 13.2 Å². The van der Waals surface area contributed by atoms with Crippen LogP contribution in [0.1, 0.15) is 37.3 Å². The molecule has 5 rings (SSSR count). The van der Waals surface area contributed by atoms with Crippen LogP contribution in [0.2, 0.25) is 0 Å². The second-order valence-corrected chi connectivity index (χ2v) is 8.64. The number of alkyl halides is 4. The lowest BCUT2D eigenvalue weighted by Crippen LogP contribution is -2.39. The number of nitrogens with one attached hydrogen (secondary N) is 3. The fourth-order valence-electron chi connectivity index (χ4n) is 3.63. The first kappa shape index (κ1) is 23.3. The molecule has 35 heavy (non-hydrogen) atoms. The Labute approximate surface area is 195 Å². The first-order valence-electron chi connectivity index (χ1n) is 10.7. The van der Waals surface area contributed by atoms with E-state index >= 15 is 0 Å². The second kappa shape index (κ2) is 8.64. The number of hydrogen-bond donors (Lipinski definition) is 3. The van der Waals surface area contributed by atoms with Gasteiger partial charge in [-0.05, 0) is 25.8 Å². The minimum absolute atomic E-state index is 0.0477. The van der Waals surface area contributed by atoms with Crippen LogP contribution in [0, 0.1) is 0 Å². The first-order chi connectivity index (χ1) is 16.6. The van der Waals surface area contributed by atoms with E-state index in [1.165, 1.54) is 29.0 Å². The van der Waals surface area contributed by atoms with Crippen molar-refractivity contribution in [3.05, 3.63) is 35.9 Å². The predicted octanol–water partition coefficient (Wildman–Crippen LogP) is 3.29. The molecule has 3 aromatic rings. The van der Waals surface area contributed by atoms with Crippen molar-refractivity contribution in [3.63, 3.8) is 0 Å². The van der Waals surface area contributed by atoms with Crippen LogP contribution in [0.3, 0.4) is 0 Å². The minimum Gasteiger partial charge on any atom is -0.441 e. The Morgan fingerprint density at radius 3 is 2.91 bits per heavy atom. The maximum Gasteiger partial charge on any atom is 0.522 e. The summed E-state index contributed by atoms with van der Waals surface area (Å²) in [6, 6.07) is 2.89. The number of alkyl carbamates (subject to hydrolysis) is 1. The Morgan fingerprint density at radius 1 is 1.37 bits per heavy atom. The highest BCUT2D eigenvalue weighted by atomic mass is 19.4. The van der Waals surface area contributed by atoms with Crippen LogP contribution in [0.25, 0.3) is 5.52 Å². The number of hydrogen-bond acceptors (Lipinski definition) is 8. The van der Waals surface area contributed by atoms with Crippen molar-refractivity contribution in [1.82, 2.24) is 30.1 Å². The van der Waals surface area contributed by atoms with Crippen LogP contribution in [0.15, 0.2) is 24.5 Å². The molecule has 0 spiro atoms. The Hall–Kier alpha value is -3.46. The zero-order valence-corrected chi connectivity index (χ0v) is 18.3. The lowest BCUT2D eigenvalue weighted by Gasteiger charge is -2.17. The van der Waals surface area contributed by atoms with Gasteiger partial charge in [-0.3, -0.25) is 9.84 Å². The molecule has 3 N–H and O–H groups in total. The summed E-state index contributed by atoms with van der Waals surface area (Å²) in [6.45, 7) is 1.01. The average Bonchev–Trinajstić information content (AvgIpc) is 3.14. The average molecular weight is 499 g/mol. The van der Waals surface area contributed by atoms with Crippen LogP contribution in [0.5, 0.6) is 0 Å². The maximum absolute atomic E-state index is 14.9. The van der Waals surface area contributed by atoms with Gasteiger partial charge < -0.3 is 20.1 Å². The van der Waals surface area contributed by atoms with E-state index in [0.29, 0.717) is 11.2 Å². The number of ether oxygens (including phenoxy) is 3. The number of nitrogens with zero attached hydrogens (tertiary/aromatic N) is 4. The van der Waals surface area contributed by atoms with Crippen molar-refractivity contribution >= 4 is 23.2 Å². The van der Waals surface area contributed by atoms with Crippen LogP contribution >= 0.6 is 0 Å². The number of amides is 1. The Balaban J connectivity index is 1.24. The van der Waals surface area contributed by atoms with E-state index in [1.807, 2.05) is 6.92 Å². The van der Waals surface area contributed by atoms with Gasteiger partial charge in [0.25, 0.3) is 0 Å².